The summed E-state index contributed by atoms with van der Waals surface area (Å²) in [4.78, 5) is 22.7. The Hall–Kier alpha value is -3.68. The smallest absolute Gasteiger partial charge is 0.292 e. The van der Waals surface area contributed by atoms with Crippen molar-refractivity contribution in [3.8, 4) is 0 Å². The van der Waals surface area contributed by atoms with Crippen molar-refractivity contribution in [3.63, 3.8) is 0 Å². The largest absolute Gasteiger partial charge is 0.467 e. The Kier molecular flexibility index (Phi) is 5.46. The van der Waals surface area contributed by atoms with Crippen LogP contribution in [0.4, 0.5) is 15.8 Å². The summed E-state index contributed by atoms with van der Waals surface area (Å²) < 4.78 is 18.5. The predicted molar refractivity (Wildman–Crippen MR) is 96.7 cm³/mol. The van der Waals surface area contributed by atoms with Gasteiger partial charge in [0.05, 0.1) is 17.7 Å². The first-order valence-corrected chi connectivity index (χ1v) is 8.10. The molecule has 7 nitrogen and oxygen atoms in total. The lowest BCUT2D eigenvalue weighted by molar-refractivity contribution is -0.384. The van der Waals surface area contributed by atoms with Gasteiger partial charge in [-0.2, -0.15) is 0 Å². The molecule has 0 spiro atoms. The molecule has 1 heterocycles. The molecule has 0 radical (unpaired) electrons. The fourth-order valence-electron chi connectivity index (χ4n) is 2.51. The molecule has 27 heavy (non-hydrogen) atoms. The van der Waals surface area contributed by atoms with Gasteiger partial charge in [-0.25, -0.2) is 4.39 Å². The number of nitrogens with one attached hydrogen (secondary N) is 2. The molecule has 2 aromatic carbocycles. The average Bonchev–Trinajstić information content (AvgIpc) is 3.18. The van der Waals surface area contributed by atoms with E-state index in [1.165, 1.54) is 6.26 Å². The number of furan rings is 1. The fraction of sp³-hybridized carbons (Fsp3) is 0.105. The number of hydrogen-bond acceptors (Lipinski definition) is 5. The van der Waals surface area contributed by atoms with E-state index in [4.69, 9.17) is 4.42 Å². The summed E-state index contributed by atoms with van der Waals surface area (Å²) in [6.07, 6.45) is 1.53. The van der Waals surface area contributed by atoms with Gasteiger partial charge in [-0.05, 0) is 35.9 Å². The maximum atomic E-state index is 13.4. The summed E-state index contributed by atoms with van der Waals surface area (Å²) >= 11 is 0. The molecule has 0 aliphatic heterocycles. The number of nitrogens with zero attached hydrogens (tertiary/aromatic N) is 1. The van der Waals surface area contributed by atoms with Gasteiger partial charge in [0.1, 0.15) is 17.3 Å². The average molecular weight is 369 g/mol. The van der Waals surface area contributed by atoms with E-state index in [0.29, 0.717) is 11.3 Å². The van der Waals surface area contributed by atoms with Crippen LogP contribution in [-0.2, 0) is 13.1 Å². The maximum Gasteiger partial charge on any atom is 0.292 e. The van der Waals surface area contributed by atoms with Gasteiger partial charge in [-0.3, -0.25) is 14.9 Å². The highest BCUT2D eigenvalue weighted by Crippen LogP contribution is 2.25. The Bertz CT molecular complexity index is 957. The minimum atomic E-state index is -0.583. The molecule has 3 rings (SSSR count). The second-order valence-corrected chi connectivity index (χ2v) is 5.73. The highest BCUT2D eigenvalue weighted by Gasteiger charge is 2.14. The minimum Gasteiger partial charge on any atom is -0.467 e. The zero-order chi connectivity index (χ0) is 19.2. The van der Waals surface area contributed by atoms with E-state index >= 15 is 0 Å². The molecule has 8 heteroatoms. The minimum absolute atomic E-state index is 0.0765. The van der Waals surface area contributed by atoms with Crippen molar-refractivity contribution in [1.82, 2.24) is 5.32 Å². The summed E-state index contributed by atoms with van der Waals surface area (Å²) in [5.41, 5.74) is 1.02. The topological polar surface area (TPSA) is 97.4 Å². The Labute approximate surface area is 154 Å². The molecule has 138 valence electrons. The SMILES string of the molecule is O=C(NCc1ccco1)c1cccc(CNc2cc(F)ccc2[N+](=O)[O-])c1. The standard InChI is InChI=1S/C19H16FN3O4/c20-15-6-7-18(23(25)26)17(10-15)21-11-13-3-1-4-14(9-13)19(24)22-12-16-5-2-8-27-16/h1-10,21H,11-12H2,(H,22,24). The molecule has 0 fully saturated rings. The van der Waals surface area contributed by atoms with Gasteiger partial charge in [-0.15, -0.1) is 0 Å². The van der Waals surface area contributed by atoms with E-state index in [9.17, 15) is 19.3 Å². The van der Waals surface area contributed by atoms with Gasteiger partial charge >= 0.3 is 0 Å². The van der Waals surface area contributed by atoms with E-state index in [0.717, 1.165) is 23.8 Å². The van der Waals surface area contributed by atoms with Crippen molar-refractivity contribution in [2.45, 2.75) is 13.1 Å². The van der Waals surface area contributed by atoms with Crippen molar-refractivity contribution in [2.75, 3.05) is 5.32 Å². The fourth-order valence-corrected chi connectivity index (χ4v) is 2.51. The monoisotopic (exact) mass is 369 g/mol. The third-order valence-corrected chi connectivity index (χ3v) is 3.83. The van der Waals surface area contributed by atoms with Gasteiger partial charge in [0.15, 0.2) is 0 Å². The molecule has 0 saturated heterocycles. The summed E-state index contributed by atoms with van der Waals surface area (Å²) in [6.45, 7) is 0.466. The Balaban J connectivity index is 1.66. The van der Waals surface area contributed by atoms with Crippen LogP contribution in [0.3, 0.4) is 0 Å². The van der Waals surface area contributed by atoms with Crippen LogP contribution in [0.15, 0.2) is 65.3 Å². The van der Waals surface area contributed by atoms with Crippen molar-refractivity contribution < 1.29 is 18.5 Å². The number of carbonyl (C=O) groups excluding carboxylic acids is 1. The zero-order valence-corrected chi connectivity index (χ0v) is 14.1. The van der Waals surface area contributed by atoms with Gasteiger partial charge in [0, 0.05) is 24.2 Å². The summed E-state index contributed by atoms with van der Waals surface area (Å²) in [5.74, 6) is -0.210. The van der Waals surface area contributed by atoms with Crippen LogP contribution in [0.5, 0.6) is 0 Å². The number of carbonyl (C=O) groups is 1. The Morgan fingerprint density at radius 2 is 1.96 bits per heavy atom. The lowest BCUT2D eigenvalue weighted by Crippen LogP contribution is -2.22. The number of benzene rings is 2. The van der Waals surface area contributed by atoms with Gasteiger partial charge in [-0.1, -0.05) is 12.1 Å². The summed E-state index contributed by atoms with van der Waals surface area (Å²) in [6, 6.07) is 13.5. The molecule has 2 N–H and O–H groups in total. The number of nitro benzene ring substituents is 1. The number of halogens is 1. The van der Waals surface area contributed by atoms with Crippen molar-refractivity contribution in [2.24, 2.45) is 0 Å². The third-order valence-electron chi connectivity index (χ3n) is 3.83. The second kappa shape index (κ2) is 8.13. The number of hydrogen-bond donors (Lipinski definition) is 2. The number of amides is 1. The van der Waals surface area contributed by atoms with Gasteiger partial charge in [0.2, 0.25) is 0 Å². The highest BCUT2D eigenvalue weighted by molar-refractivity contribution is 5.94. The van der Waals surface area contributed by atoms with Crippen LogP contribution in [0.2, 0.25) is 0 Å². The highest BCUT2D eigenvalue weighted by atomic mass is 19.1. The van der Waals surface area contributed by atoms with E-state index in [2.05, 4.69) is 10.6 Å². The van der Waals surface area contributed by atoms with E-state index in [1.54, 1.807) is 36.4 Å². The van der Waals surface area contributed by atoms with E-state index in [1.807, 2.05) is 0 Å². The number of nitro groups is 1. The second-order valence-electron chi connectivity index (χ2n) is 5.73. The zero-order valence-electron chi connectivity index (χ0n) is 14.1. The van der Waals surface area contributed by atoms with Gasteiger partial charge < -0.3 is 15.1 Å². The maximum absolute atomic E-state index is 13.4. The molecule has 0 aliphatic carbocycles. The molecule has 3 aromatic rings. The first-order valence-electron chi connectivity index (χ1n) is 8.10. The Morgan fingerprint density at radius 3 is 2.70 bits per heavy atom. The molecule has 0 aliphatic rings. The van der Waals surface area contributed by atoms with Crippen LogP contribution in [0, 0.1) is 15.9 Å². The van der Waals surface area contributed by atoms with Crippen LogP contribution >= 0.6 is 0 Å². The molecule has 1 amide bonds. The molecular formula is C19H16FN3O4. The first kappa shape index (κ1) is 18.1. The van der Waals surface area contributed by atoms with E-state index in [-0.39, 0.29) is 30.4 Å². The molecular weight excluding hydrogens is 353 g/mol. The summed E-state index contributed by atoms with van der Waals surface area (Å²) in [7, 11) is 0. The third kappa shape index (κ3) is 4.69. The normalized spacial score (nSPS) is 10.4. The summed E-state index contributed by atoms with van der Waals surface area (Å²) in [5, 5.41) is 16.6. The van der Waals surface area contributed by atoms with Crippen LogP contribution < -0.4 is 10.6 Å². The van der Waals surface area contributed by atoms with Crippen molar-refractivity contribution in [3.05, 3.63) is 93.7 Å². The van der Waals surface area contributed by atoms with E-state index < -0.39 is 10.7 Å². The van der Waals surface area contributed by atoms with Crippen LogP contribution in [0.1, 0.15) is 21.7 Å². The molecule has 1 aromatic heterocycles. The molecule has 0 unspecified atom stereocenters. The first-order chi connectivity index (χ1) is 13.0. The quantitative estimate of drug-likeness (QED) is 0.487. The lowest BCUT2D eigenvalue weighted by atomic mass is 10.1. The number of anilines is 1. The lowest BCUT2D eigenvalue weighted by Gasteiger charge is -2.09. The number of rotatable bonds is 7. The van der Waals surface area contributed by atoms with Crippen molar-refractivity contribution in [1.29, 1.82) is 0 Å². The Morgan fingerprint density at radius 1 is 1.11 bits per heavy atom. The molecule has 0 atom stereocenters. The van der Waals surface area contributed by atoms with Crippen molar-refractivity contribution >= 4 is 17.3 Å². The van der Waals surface area contributed by atoms with Gasteiger partial charge in [0.25, 0.3) is 11.6 Å². The van der Waals surface area contributed by atoms with Crippen LogP contribution in [-0.4, -0.2) is 10.8 Å². The van der Waals surface area contributed by atoms with Crippen LogP contribution in [0.25, 0.3) is 0 Å². The molecule has 0 bridgehead atoms. The molecule has 0 saturated carbocycles. The predicted octanol–water partition coefficient (Wildman–Crippen LogP) is 3.87.